The molecule has 2 heterocycles. The molecule has 2 atom stereocenters. The summed E-state index contributed by atoms with van der Waals surface area (Å²) in [5.41, 5.74) is 7.02. The first-order valence-corrected chi connectivity index (χ1v) is 20.9. The molecule has 0 unspecified atom stereocenters. The summed E-state index contributed by atoms with van der Waals surface area (Å²) in [5, 5.41) is 2.72. The van der Waals surface area contributed by atoms with Gasteiger partial charge in [0.2, 0.25) is 39.6 Å². The molecule has 4 rings (SSSR count). The van der Waals surface area contributed by atoms with Crippen LogP contribution in [0.2, 0.25) is 0 Å². The van der Waals surface area contributed by atoms with Crippen LogP contribution in [0.3, 0.4) is 0 Å². The first-order chi connectivity index (χ1) is 27.2. The van der Waals surface area contributed by atoms with Gasteiger partial charge in [-0.05, 0) is 62.0 Å². The number of nitrogens with two attached hydrogens (primary N) is 1. The van der Waals surface area contributed by atoms with E-state index in [2.05, 4.69) is 10.3 Å². The van der Waals surface area contributed by atoms with E-state index in [0.717, 1.165) is 5.56 Å². The molecule has 0 aromatic heterocycles. The Kier molecular flexibility index (Phi) is 17.2. The van der Waals surface area contributed by atoms with Gasteiger partial charge in [0, 0.05) is 52.9 Å². The summed E-state index contributed by atoms with van der Waals surface area (Å²) in [6.07, 6.45) is 2.36. The zero-order valence-electron chi connectivity index (χ0n) is 32.7. The number of benzene rings is 2. The van der Waals surface area contributed by atoms with E-state index in [9.17, 15) is 37.2 Å². The number of nitrogens with zero attached hydrogens (tertiary/aromatic N) is 4. The number of amides is 4. The molecule has 4 amide bonds. The third kappa shape index (κ3) is 14.4. The number of guanidine groups is 1. The number of primary amides is 1. The first kappa shape index (κ1) is 44.6. The minimum Gasteiger partial charge on any atom is -0.466 e. The Bertz CT molecular complexity index is 1830. The van der Waals surface area contributed by atoms with Crippen LogP contribution in [0, 0.1) is 5.92 Å². The van der Waals surface area contributed by atoms with Gasteiger partial charge < -0.3 is 25.0 Å². The maximum atomic E-state index is 14.5. The third-order valence-electron chi connectivity index (χ3n) is 9.85. The van der Waals surface area contributed by atoms with Gasteiger partial charge in [-0.1, -0.05) is 60.7 Å². The number of aliphatic imine (C=N–C) groups is 1. The molecular formula is C40H54N6O10S. The summed E-state index contributed by atoms with van der Waals surface area (Å²) in [7, 11) is -4.13. The number of ether oxygens (including phenoxy) is 2. The van der Waals surface area contributed by atoms with E-state index < -0.39 is 57.7 Å². The van der Waals surface area contributed by atoms with Gasteiger partial charge in [-0.25, -0.2) is 8.42 Å². The van der Waals surface area contributed by atoms with E-state index in [1.807, 2.05) is 30.3 Å². The monoisotopic (exact) mass is 810 g/mol. The maximum absolute atomic E-state index is 14.5. The van der Waals surface area contributed by atoms with Crippen LogP contribution in [0.1, 0.15) is 76.3 Å². The Hall–Kier alpha value is -5.16. The quantitative estimate of drug-likeness (QED) is 0.0965. The van der Waals surface area contributed by atoms with Crippen LogP contribution in [-0.4, -0.2) is 116 Å². The number of esters is 2. The highest BCUT2D eigenvalue weighted by molar-refractivity contribution is 7.88. The van der Waals surface area contributed by atoms with Crippen molar-refractivity contribution in [2.24, 2.45) is 16.6 Å². The molecule has 2 aliphatic rings. The van der Waals surface area contributed by atoms with Crippen molar-refractivity contribution in [2.75, 3.05) is 39.4 Å². The average Bonchev–Trinajstić information content (AvgIpc) is 3.68. The number of hydrogen-bond donors (Lipinski definition) is 2. The van der Waals surface area contributed by atoms with Crippen LogP contribution in [0.4, 0.5) is 0 Å². The maximum Gasteiger partial charge on any atom is 0.302 e. The largest absolute Gasteiger partial charge is 0.466 e. The van der Waals surface area contributed by atoms with Gasteiger partial charge in [-0.15, -0.1) is 0 Å². The van der Waals surface area contributed by atoms with E-state index >= 15 is 0 Å². The molecule has 2 saturated heterocycles. The number of nitrogens with one attached hydrogen (secondary N) is 1. The Morgan fingerprint density at radius 2 is 1.42 bits per heavy atom. The lowest BCUT2D eigenvalue weighted by atomic mass is 9.95. The molecule has 2 fully saturated rings. The van der Waals surface area contributed by atoms with Crippen molar-refractivity contribution in [3.8, 4) is 0 Å². The van der Waals surface area contributed by atoms with Crippen LogP contribution in [0.5, 0.6) is 0 Å². The average molecular weight is 811 g/mol. The summed E-state index contributed by atoms with van der Waals surface area (Å²) >= 11 is 0. The molecule has 57 heavy (non-hydrogen) atoms. The van der Waals surface area contributed by atoms with E-state index in [1.165, 1.54) is 23.1 Å². The van der Waals surface area contributed by atoms with E-state index in [1.54, 1.807) is 35.2 Å². The number of piperidine rings is 1. The van der Waals surface area contributed by atoms with Gasteiger partial charge >= 0.3 is 11.9 Å². The van der Waals surface area contributed by atoms with Gasteiger partial charge in [-0.3, -0.25) is 34.1 Å². The lowest BCUT2D eigenvalue weighted by molar-refractivity contribution is -0.142. The van der Waals surface area contributed by atoms with Crippen molar-refractivity contribution in [3.05, 3.63) is 71.8 Å². The minimum absolute atomic E-state index is 0.00208. The Labute approximate surface area is 334 Å². The standard InChI is InChI=1S/C40H54N6O10S/c1-29(47)55-24-10-17-36(49)42-40(43-37(50)18-11-25-56-30(2)48)44-22-19-32(20-23-44)27-46(57(53,54)28-33-14-7-4-8-15-33)35(26-31-12-5-3-6-13-31)39(52)45-21-9-16-34(45)38(41)51/h3-8,12-15,32,34-35H,9-11,16-28H2,1-2H3,(H2,41,51)(H,42,43,49,50)/t34-,35+/m0/s1. The van der Waals surface area contributed by atoms with Crippen molar-refractivity contribution in [3.63, 3.8) is 0 Å². The van der Waals surface area contributed by atoms with Crippen molar-refractivity contribution in [2.45, 2.75) is 89.5 Å². The second-order valence-electron chi connectivity index (χ2n) is 14.3. The molecule has 0 radical (unpaired) electrons. The van der Waals surface area contributed by atoms with Crippen molar-refractivity contribution < 1.29 is 46.7 Å². The van der Waals surface area contributed by atoms with Crippen molar-refractivity contribution in [1.29, 1.82) is 0 Å². The molecule has 310 valence electrons. The zero-order valence-corrected chi connectivity index (χ0v) is 33.5. The number of sulfonamides is 1. The summed E-state index contributed by atoms with van der Waals surface area (Å²) in [4.78, 5) is 82.4. The normalized spacial score (nSPS) is 16.9. The molecular weight excluding hydrogens is 757 g/mol. The predicted octanol–water partition coefficient (Wildman–Crippen LogP) is 2.30. The molecule has 0 spiro atoms. The molecule has 3 N–H and O–H groups in total. The van der Waals surface area contributed by atoms with Gasteiger partial charge in [0.15, 0.2) is 0 Å². The van der Waals surface area contributed by atoms with E-state index in [0.29, 0.717) is 44.3 Å². The number of likely N-dealkylation sites (tertiary alicyclic amines) is 2. The first-order valence-electron chi connectivity index (χ1n) is 19.3. The predicted molar refractivity (Wildman–Crippen MR) is 210 cm³/mol. The lowest BCUT2D eigenvalue weighted by Gasteiger charge is -2.39. The molecule has 17 heteroatoms. The zero-order chi connectivity index (χ0) is 41.4. The van der Waals surface area contributed by atoms with E-state index in [-0.39, 0.29) is 76.0 Å². The highest BCUT2D eigenvalue weighted by Gasteiger charge is 2.43. The fourth-order valence-electron chi connectivity index (χ4n) is 6.98. The van der Waals surface area contributed by atoms with Gasteiger partial charge in [0.25, 0.3) is 0 Å². The number of hydrogen-bond acceptors (Lipinski definition) is 10. The van der Waals surface area contributed by atoms with Crippen LogP contribution < -0.4 is 11.1 Å². The fourth-order valence-corrected chi connectivity index (χ4v) is 8.75. The molecule has 2 aliphatic heterocycles. The van der Waals surface area contributed by atoms with Crippen molar-refractivity contribution >= 4 is 51.6 Å². The number of carbonyl (C=O) groups is 6. The lowest BCUT2D eigenvalue weighted by Crippen LogP contribution is -2.56. The number of carbonyl (C=O) groups excluding carboxylic acids is 6. The third-order valence-corrected chi connectivity index (χ3v) is 11.7. The molecule has 0 aliphatic carbocycles. The number of rotatable bonds is 18. The SMILES string of the molecule is CC(=O)OCCCC(=O)N=C(NC(=O)CCCOC(C)=O)N1CCC(CN([C@H](Cc2ccccc2)C(=O)N2CCC[C@H]2C(N)=O)S(=O)(=O)Cc2ccccc2)CC1. The molecule has 0 saturated carbocycles. The van der Waals surface area contributed by atoms with Crippen LogP contribution in [-0.2, 0) is 60.4 Å². The second-order valence-corrected chi connectivity index (χ2v) is 16.2. The Morgan fingerprint density at radius 3 is 2.00 bits per heavy atom. The summed E-state index contributed by atoms with van der Waals surface area (Å²) in [5.74, 6) is -3.55. The fraction of sp³-hybridized carbons (Fsp3) is 0.525. The second kappa shape index (κ2) is 22.0. The topological polar surface area (TPSA) is 215 Å². The highest BCUT2D eigenvalue weighted by Crippen LogP contribution is 2.28. The Balaban J connectivity index is 1.58. The van der Waals surface area contributed by atoms with Crippen molar-refractivity contribution in [1.82, 2.24) is 19.4 Å². The summed E-state index contributed by atoms with van der Waals surface area (Å²) in [6, 6.07) is 15.9. The van der Waals surface area contributed by atoms with E-state index in [4.69, 9.17) is 15.2 Å². The van der Waals surface area contributed by atoms with Crippen LogP contribution in [0.25, 0.3) is 0 Å². The minimum atomic E-state index is -4.13. The Morgan fingerprint density at radius 1 is 0.842 bits per heavy atom. The summed E-state index contributed by atoms with van der Waals surface area (Å²) < 4.78 is 40.2. The molecule has 2 aromatic carbocycles. The smallest absolute Gasteiger partial charge is 0.302 e. The highest BCUT2D eigenvalue weighted by atomic mass is 32.2. The molecule has 2 aromatic rings. The van der Waals surface area contributed by atoms with Crippen LogP contribution >= 0.6 is 0 Å². The molecule has 16 nitrogen and oxygen atoms in total. The summed E-state index contributed by atoms with van der Waals surface area (Å²) in [6.45, 7) is 3.52. The van der Waals surface area contributed by atoms with Crippen LogP contribution in [0.15, 0.2) is 65.7 Å². The van der Waals surface area contributed by atoms with Gasteiger partial charge in [0.05, 0.1) is 19.0 Å². The van der Waals surface area contributed by atoms with Gasteiger partial charge in [-0.2, -0.15) is 9.30 Å². The molecule has 0 bridgehead atoms. The van der Waals surface area contributed by atoms with Gasteiger partial charge in [0.1, 0.15) is 12.1 Å².